The zero-order valence-corrected chi connectivity index (χ0v) is 12.7. The fraction of sp³-hybridized carbons (Fsp3) is 0.455. The summed E-state index contributed by atoms with van der Waals surface area (Å²) in [5, 5.41) is 0. The van der Waals surface area contributed by atoms with Crippen LogP contribution in [0, 0.1) is 5.82 Å². The summed E-state index contributed by atoms with van der Waals surface area (Å²) in [5.41, 5.74) is 5.76. The Kier molecular flexibility index (Phi) is 4.14. The Labute approximate surface area is 119 Å². The summed E-state index contributed by atoms with van der Waals surface area (Å²) in [7, 11) is -2.51. The van der Waals surface area contributed by atoms with Crippen molar-refractivity contribution >= 4 is 31.6 Å². The number of nitrogens with two attached hydrogens (primary N) is 1. The fourth-order valence-corrected chi connectivity index (χ4v) is 4.03. The number of halogens is 2. The molecule has 1 aliphatic rings. The van der Waals surface area contributed by atoms with E-state index in [1.54, 1.807) is 0 Å². The first kappa shape index (κ1) is 14.7. The van der Waals surface area contributed by atoms with Crippen LogP contribution in [0.2, 0.25) is 0 Å². The number of anilines is 1. The van der Waals surface area contributed by atoms with Crippen molar-refractivity contribution < 1.29 is 17.5 Å². The van der Waals surface area contributed by atoms with E-state index in [0.29, 0.717) is 19.6 Å². The standard InChI is InChI=1S/C11H14BrFN2O3S/c1-15(8-2-3-18-6-8)19(16,17)10-5-7(14)4-9(12)11(10)13/h4-5,8H,2-3,6,14H2,1H3. The van der Waals surface area contributed by atoms with Crippen LogP contribution < -0.4 is 5.73 Å². The number of nitrogens with zero attached hydrogens (tertiary/aromatic N) is 1. The van der Waals surface area contributed by atoms with Crippen LogP contribution >= 0.6 is 15.9 Å². The van der Waals surface area contributed by atoms with Crippen LogP contribution in [-0.4, -0.2) is 39.0 Å². The molecule has 0 aromatic heterocycles. The number of rotatable bonds is 3. The average Bonchev–Trinajstić information content (AvgIpc) is 2.86. The summed E-state index contributed by atoms with van der Waals surface area (Å²) in [4.78, 5) is -0.422. The van der Waals surface area contributed by atoms with Crippen molar-refractivity contribution in [1.29, 1.82) is 0 Å². The molecule has 0 spiro atoms. The number of sulfonamides is 1. The van der Waals surface area contributed by atoms with Gasteiger partial charge in [-0.2, -0.15) is 4.31 Å². The van der Waals surface area contributed by atoms with E-state index in [1.165, 1.54) is 13.1 Å². The zero-order chi connectivity index (χ0) is 14.2. The summed E-state index contributed by atoms with van der Waals surface area (Å²) < 4.78 is 45.1. The summed E-state index contributed by atoms with van der Waals surface area (Å²) in [6.45, 7) is 0.828. The molecular weight excluding hydrogens is 339 g/mol. The Morgan fingerprint density at radius 2 is 2.21 bits per heavy atom. The largest absolute Gasteiger partial charge is 0.399 e. The first-order chi connectivity index (χ1) is 8.84. The Morgan fingerprint density at radius 1 is 1.53 bits per heavy atom. The first-order valence-corrected chi connectivity index (χ1v) is 7.87. The van der Waals surface area contributed by atoms with Crippen LogP contribution in [0.15, 0.2) is 21.5 Å². The van der Waals surface area contributed by atoms with Gasteiger partial charge in [-0.3, -0.25) is 0 Å². The van der Waals surface area contributed by atoms with E-state index < -0.39 is 20.7 Å². The molecule has 1 fully saturated rings. The van der Waals surface area contributed by atoms with Crippen LogP contribution in [0.1, 0.15) is 6.42 Å². The molecule has 0 bridgehead atoms. The molecule has 1 atom stereocenters. The third-order valence-corrected chi connectivity index (χ3v) is 5.58. The van der Waals surface area contributed by atoms with Gasteiger partial charge in [0, 0.05) is 19.3 Å². The molecule has 106 valence electrons. The predicted molar refractivity (Wildman–Crippen MR) is 72.7 cm³/mol. The maximum Gasteiger partial charge on any atom is 0.246 e. The number of ether oxygens (including phenoxy) is 1. The summed E-state index contributed by atoms with van der Waals surface area (Å²) >= 11 is 2.96. The summed E-state index contributed by atoms with van der Waals surface area (Å²) in [6.07, 6.45) is 0.598. The molecule has 0 radical (unpaired) electrons. The minimum atomic E-state index is -3.93. The lowest BCUT2D eigenvalue weighted by Gasteiger charge is -2.23. The van der Waals surface area contributed by atoms with Gasteiger partial charge in [0.1, 0.15) is 4.90 Å². The van der Waals surface area contributed by atoms with Crippen LogP contribution in [0.3, 0.4) is 0 Å². The minimum absolute atomic E-state index is 0.0298. The van der Waals surface area contributed by atoms with Crippen LogP contribution in [0.5, 0.6) is 0 Å². The molecule has 1 heterocycles. The van der Waals surface area contributed by atoms with E-state index in [9.17, 15) is 12.8 Å². The van der Waals surface area contributed by atoms with Crippen molar-refractivity contribution in [2.24, 2.45) is 0 Å². The van der Waals surface area contributed by atoms with Crippen molar-refractivity contribution in [3.05, 3.63) is 22.4 Å². The number of benzene rings is 1. The second-order valence-corrected chi connectivity index (χ2v) is 7.17. The van der Waals surface area contributed by atoms with Crippen molar-refractivity contribution in [3.8, 4) is 0 Å². The molecule has 2 N–H and O–H groups in total. The van der Waals surface area contributed by atoms with Gasteiger partial charge in [-0.25, -0.2) is 12.8 Å². The average molecular weight is 353 g/mol. The molecule has 0 saturated carbocycles. The van der Waals surface area contributed by atoms with Gasteiger partial charge in [-0.05, 0) is 34.5 Å². The van der Waals surface area contributed by atoms with Gasteiger partial charge in [0.15, 0.2) is 5.82 Å². The van der Waals surface area contributed by atoms with Gasteiger partial charge in [-0.1, -0.05) is 0 Å². The highest BCUT2D eigenvalue weighted by molar-refractivity contribution is 9.10. The smallest absolute Gasteiger partial charge is 0.246 e. The van der Waals surface area contributed by atoms with E-state index in [-0.39, 0.29) is 16.2 Å². The molecule has 1 saturated heterocycles. The van der Waals surface area contributed by atoms with E-state index >= 15 is 0 Å². The van der Waals surface area contributed by atoms with Gasteiger partial charge in [-0.15, -0.1) is 0 Å². The first-order valence-electron chi connectivity index (χ1n) is 5.64. The van der Waals surface area contributed by atoms with E-state index in [1.807, 2.05) is 0 Å². The monoisotopic (exact) mass is 352 g/mol. The second kappa shape index (κ2) is 5.35. The predicted octanol–water partition coefficient (Wildman–Crippen LogP) is 1.58. The SMILES string of the molecule is CN(C1CCOC1)S(=O)(=O)c1cc(N)cc(Br)c1F. The van der Waals surface area contributed by atoms with Gasteiger partial charge < -0.3 is 10.5 Å². The van der Waals surface area contributed by atoms with Gasteiger partial charge >= 0.3 is 0 Å². The molecule has 1 aromatic rings. The Bertz CT molecular complexity index is 588. The zero-order valence-electron chi connectivity index (χ0n) is 10.3. The molecule has 0 aliphatic carbocycles. The van der Waals surface area contributed by atoms with Crippen molar-refractivity contribution in [2.75, 3.05) is 26.0 Å². The van der Waals surface area contributed by atoms with Crippen LogP contribution in [-0.2, 0) is 14.8 Å². The Morgan fingerprint density at radius 3 is 2.79 bits per heavy atom. The van der Waals surface area contributed by atoms with E-state index in [0.717, 1.165) is 10.4 Å². The van der Waals surface area contributed by atoms with Crippen molar-refractivity contribution in [2.45, 2.75) is 17.4 Å². The lowest BCUT2D eigenvalue weighted by atomic mass is 10.3. The molecule has 1 aromatic carbocycles. The topological polar surface area (TPSA) is 72.6 Å². The third kappa shape index (κ3) is 2.76. The van der Waals surface area contributed by atoms with Gasteiger partial charge in [0.05, 0.1) is 17.1 Å². The lowest BCUT2D eigenvalue weighted by Crippen LogP contribution is -2.37. The number of hydrogen-bond donors (Lipinski definition) is 1. The maximum atomic E-state index is 14.0. The Hall–Kier alpha value is -0.700. The molecule has 0 amide bonds. The van der Waals surface area contributed by atoms with E-state index in [2.05, 4.69) is 15.9 Å². The number of likely N-dealkylation sites (N-methyl/N-ethyl adjacent to an activating group) is 1. The lowest BCUT2D eigenvalue weighted by molar-refractivity contribution is 0.180. The van der Waals surface area contributed by atoms with Crippen molar-refractivity contribution in [1.82, 2.24) is 4.31 Å². The highest BCUT2D eigenvalue weighted by Crippen LogP contribution is 2.29. The molecule has 1 aliphatic heterocycles. The van der Waals surface area contributed by atoms with E-state index in [4.69, 9.17) is 10.5 Å². The maximum absolute atomic E-state index is 14.0. The van der Waals surface area contributed by atoms with Gasteiger partial charge in [0.25, 0.3) is 0 Å². The quantitative estimate of drug-likeness (QED) is 0.838. The third-order valence-electron chi connectivity index (χ3n) is 3.09. The van der Waals surface area contributed by atoms with Crippen molar-refractivity contribution in [3.63, 3.8) is 0 Å². The summed E-state index contributed by atoms with van der Waals surface area (Å²) in [6, 6.07) is 2.18. The van der Waals surface area contributed by atoms with Crippen LogP contribution in [0.25, 0.3) is 0 Å². The highest BCUT2D eigenvalue weighted by Gasteiger charge is 2.33. The molecule has 19 heavy (non-hydrogen) atoms. The second-order valence-electron chi connectivity index (χ2n) is 4.35. The molecular formula is C11H14BrFN2O3S. The molecule has 2 rings (SSSR count). The number of nitrogen functional groups attached to an aromatic ring is 1. The van der Waals surface area contributed by atoms with Crippen LogP contribution in [0.4, 0.5) is 10.1 Å². The Balaban J connectivity index is 2.44. The van der Waals surface area contributed by atoms with Gasteiger partial charge in [0.2, 0.25) is 10.0 Å². The molecule has 1 unspecified atom stereocenters. The molecule has 8 heteroatoms. The summed E-state index contributed by atoms with van der Waals surface area (Å²) in [5.74, 6) is -0.833. The normalized spacial score (nSPS) is 20.1. The fourth-order valence-electron chi connectivity index (χ4n) is 1.93. The molecule has 5 nitrogen and oxygen atoms in total. The number of hydrogen-bond acceptors (Lipinski definition) is 4. The minimum Gasteiger partial charge on any atom is -0.399 e. The highest BCUT2D eigenvalue weighted by atomic mass is 79.9.